The Morgan fingerprint density at radius 2 is 1.94 bits per heavy atom. The molecule has 1 aliphatic carbocycles. The molecule has 1 saturated carbocycles. The van der Waals surface area contributed by atoms with E-state index in [0.29, 0.717) is 6.04 Å². The molecular weight excluding hydrogens is 214 g/mol. The van der Waals surface area contributed by atoms with Gasteiger partial charge in [0.1, 0.15) is 0 Å². The second-order valence-corrected chi connectivity index (χ2v) is 6.86. The first-order valence-electron chi connectivity index (χ1n) is 7.07. The van der Waals surface area contributed by atoms with Crippen LogP contribution in [0.3, 0.4) is 0 Å². The van der Waals surface area contributed by atoms with Crippen LogP contribution in [-0.4, -0.2) is 23.6 Å². The lowest BCUT2D eigenvalue weighted by Crippen LogP contribution is -2.31. The van der Waals surface area contributed by atoms with Crippen molar-refractivity contribution in [3.63, 3.8) is 0 Å². The highest BCUT2D eigenvalue weighted by molar-refractivity contribution is 7.99. The lowest BCUT2D eigenvalue weighted by Gasteiger charge is -2.18. The summed E-state index contributed by atoms with van der Waals surface area (Å²) >= 11 is 2.17. The van der Waals surface area contributed by atoms with Gasteiger partial charge in [0.05, 0.1) is 0 Å². The average Bonchev–Trinajstić information content (AvgIpc) is 2.77. The molecule has 0 heterocycles. The minimum absolute atomic E-state index is 0.694. The monoisotopic (exact) mass is 243 g/mol. The third-order valence-corrected chi connectivity index (χ3v) is 4.97. The Morgan fingerprint density at radius 1 is 1.25 bits per heavy atom. The van der Waals surface area contributed by atoms with Crippen LogP contribution in [0.15, 0.2) is 0 Å². The van der Waals surface area contributed by atoms with Crippen LogP contribution in [0.5, 0.6) is 0 Å². The van der Waals surface area contributed by atoms with Gasteiger partial charge in [-0.3, -0.25) is 0 Å². The summed E-state index contributed by atoms with van der Waals surface area (Å²) in [5, 5.41) is 4.42. The van der Waals surface area contributed by atoms with Gasteiger partial charge in [-0.05, 0) is 37.9 Å². The molecule has 2 unspecified atom stereocenters. The van der Waals surface area contributed by atoms with E-state index in [1.165, 1.54) is 50.8 Å². The Balaban J connectivity index is 1.99. The maximum absolute atomic E-state index is 3.64. The van der Waals surface area contributed by atoms with E-state index in [1.54, 1.807) is 0 Å². The van der Waals surface area contributed by atoms with Gasteiger partial charge in [0, 0.05) is 17.8 Å². The van der Waals surface area contributed by atoms with Gasteiger partial charge in [0.2, 0.25) is 0 Å². The normalized spacial score (nSPS) is 21.2. The van der Waals surface area contributed by atoms with Gasteiger partial charge in [-0.25, -0.2) is 0 Å². The second kappa shape index (κ2) is 8.41. The topological polar surface area (TPSA) is 12.0 Å². The van der Waals surface area contributed by atoms with E-state index in [9.17, 15) is 0 Å². The van der Waals surface area contributed by atoms with Crippen molar-refractivity contribution in [2.45, 2.75) is 70.6 Å². The van der Waals surface area contributed by atoms with Crippen LogP contribution in [0.4, 0.5) is 0 Å². The van der Waals surface area contributed by atoms with Crippen molar-refractivity contribution in [2.24, 2.45) is 5.92 Å². The fraction of sp³-hybridized carbons (Fsp3) is 1.00. The Bertz CT molecular complexity index is 166. The molecule has 0 saturated heterocycles. The van der Waals surface area contributed by atoms with Crippen LogP contribution in [0.2, 0.25) is 0 Å². The van der Waals surface area contributed by atoms with Crippen LogP contribution in [-0.2, 0) is 0 Å². The van der Waals surface area contributed by atoms with E-state index in [1.807, 2.05) is 0 Å². The highest BCUT2D eigenvalue weighted by Gasteiger charge is 2.16. The maximum Gasteiger partial charge on any atom is 0.0144 e. The maximum atomic E-state index is 3.64. The number of rotatable bonds is 8. The van der Waals surface area contributed by atoms with Crippen LogP contribution < -0.4 is 5.32 Å². The van der Waals surface area contributed by atoms with Crippen molar-refractivity contribution in [2.75, 3.05) is 12.3 Å². The van der Waals surface area contributed by atoms with Gasteiger partial charge in [-0.2, -0.15) is 11.8 Å². The molecule has 0 aromatic rings. The predicted octanol–water partition coefficient (Wildman–Crippen LogP) is 4.08. The summed E-state index contributed by atoms with van der Waals surface area (Å²) < 4.78 is 0. The minimum atomic E-state index is 0.694. The molecule has 96 valence electrons. The van der Waals surface area contributed by atoms with Gasteiger partial charge < -0.3 is 5.32 Å². The minimum Gasteiger partial charge on any atom is -0.313 e. The zero-order valence-corrected chi connectivity index (χ0v) is 12.1. The summed E-state index contributed by atoms with van der Waals surface area (Å²) in [6, 6.07) is 0.694. The number of hydrogen-bond acceptors (Lipinski definition) is 2. The van der Waals surface area contributed by atoms with Gasteiger partial charge in [-0.15, -0.1) is 0 Å². The van der Waals surface area contributed by atoms with Crippen molar-refractivity contribution < 1.29 is 0 Å². The Hall–Kier alpha value is 0.310. The van der Waals surface area contributed by atoms with Gasteiger partial charge in [0.25, 0.3) is 0 Å². The highest BCUT2D eigenvalue weighted by Crippen LogP contribution is 2.29. The van der Waals surface area contributed by atoms with E-state index in [0.717, 1.165) is 11.2 Å². The van der Waals surface area contributed by atoms with E-state index < -0.39 is 0 Å². The molecule has 1 nitrogen and oxygen atoms in total. The lowest BCUT2D eigenvalue weighted by atomic mass is 10.1. The second-order valence-electron chi connectivity index (χ2n) is 5.39. The van der Waals surface area contributed by atoms with Crippen LogP contribution in [0, 0.1) is 5.92 Å². The molecule has 0 amide bonds. The average molecular weight is 243 g/mol. The molecule has 2 atom stereocenters. The highest BCUT2D eigenvalue weighted by atomic mass is 32.2. The molecule has 0 bridgehead atoms. The predicted molar refractivity (Wildman–Crippen MR) is 76.3 cm³/mol. The quantitative estimate of drug-likeness (QED) is 0.689. The van der Waals surface area contributed by atoms with Crippen LogP contribution >= 0.6 is 11.8 Å². The Morgan fingerprint density at radius 3 is 2.56 bits per heavy atom. The van der Waals surface area contributed by atoms with E-state index >= 15 is 0 Å². The molecule has 1 rings (SSSR count). The third kappa shape index (κ3) is 6.15. The fourth-order valence-corrected chi connectivity index (χ4v) is 3.59. The molecule has 0 spiro atoms. The summed E-state index contributed by atoms with van der Waals surface area (Å²) in [6.07, 6.45) is 8.52. The first-order valence-corrected chi connectivity index (χ1v) is 8.12. The lowest BCUT2D eigenvalue weighted by molar-refractivity contribution is 0.511. The van der Waals surface area contributed by atoms with Gasteiger partial charge in [0.15, 0.2) is 0 Å². The molecule has 0 aliphatic heterocycles. The molecule has 0 aromatic carbocycles. The molecule has 16 heavy (non-hydrogen) atoms. The fourth-order valence-electron chi connectivity index (χ4n) is 2.44. The Kier molecular flexibility index (Phi) is 7.55. The van der Waals surface area contributed by atoms with Crippen molar-refractivity contribution in [3.05, 3.63) is 0 Å². The Labute approximate surface area is 106 Å². The summed E-state index contributed by atoms with van der Waals surface area (Å²) in [5.74, 6) is 2.42. The summed E-state index contributed by atoms with van der Waals surface area (Å²) in [6.45, 7) is 8.11. The smallest absolute Gasteiger partial charge is 0.0144 e. The zero-order chi connectivity index (χ0) is 11.8. The summed E-state index contributed by atoms with van der Waals surface area (Å²) in [7, 11) is 0. The molecule has 1 aliphatic rings. The zero-order valence-electron chi connectivity index (χ0n) is 11.3. The summed E-state index contributed by atoms with van der Waals surface area (Å²) in [5.41, 5.74) is 0. The largest absolute Gasteiger partial charge is 0.313 e. The number of hydrogen-bond donors (Lipinski definition) is 1. The van der Waals surface area contributed by atoms with Crippen LogP contribution in [0.25, 0.3) is 0 Å². The SMILES string of the molecule is CCCC(C)NCC(C)SCC1CCCC1. The van der Waals surface area contributed by atoms with E-state index in [2.05, 4.69) is 37.8 Å². The molecule has 0 radical (unpaired) electrons. The van der Waals surface area contributed by atoms with Crippen molar-refractivity contribution in [1.82, 2.24) is 5.32 Å². The van der Waals surface area contributed by atoms with Crippen molar-refractivity contribution in [1.29, 1.82) is 0 Å². The van der Waals surface area contributed by atoms with E-state index in [-0.39, 0.29) is 0 Å². The standard InChI is InChI=1S/C14H29NS/c1-4-7-12(2)15-10-13(3)16-11-14-8-5-6-9-14/h12-15H,4-11H2,1-3H3. The number of thioether (sulfide) groups is 1. The van der Waals surface area contributed by atoms with Gasteiger partial charge in [-0.1, -0.05) is 33.1 Å². The third-order valence-electron chi connectivity index (χ3n) is 3.57. The number of nitrogens with one attached hydrogen (secondary N) is 1. The molecule has 2 heteroatoms. The van der Waals surface area contributed by atoms with Gasteiger partial charge >= 0.3 is 0 Å². The molecule has 0 aromatic heterocycles. The van der Waals surface area contributed by atoms with E-state index in [4.69, 9.17) is 0 Å². The summed E-state index contributed by atoms with van der Waals surface area (Å²) in [4.78, 5) is 0. The first-order chi connectivity index (χ1) is 7.72. The van der Waals surface area contributed by atoms with Crippen molar-refractivity contribution in [3.8, 4) is 0 Å². The molecule has 1 N–H and O–H groups in total. The molecule has 1 fully saturated rings. The van der Waals surface area contributed by atoms with Crippen LogP contribution in [0.1, 0.15) is 59.3 Å². The molecular formula is C14H29NS. The van der Waals surface area contributed by atoms with Crippen molar-refractivity contribution >= 4 is 11.8 Å². The first kappa shape index (κ1) is 14.4.